The maximum Gasteiger partial charge on any atom is 0.141 e. The van der Waals surface area contributed by atoms with Crippen LogP contribution in [0.3, 0.4) is 0 Å². The molecule has 0 spiro atoms. The lowest BCUT2D eigenvalue weighted by molar-refractivity contribution is 0.886. The van der Waals surface area contributed by atoms with Gasteiger partial charge in [0.1, 0.15) is 17.4 Å². The van der Waals surface area contributed by atoms with Gasteiger partial charge >= 0.3 is 0 Å². The molecule has 0 aliphatic heterocycles. The van der Waals surface area contributed by atoms with Gasteiger partial charge in [0.15, 0.2) is 0 Å². The second kappa shape index (κ2) is 4.14. The van der Waals surface area contributed by atoms with Crippen molar-refractivity contribution in [1.29, 1.82) is 5.41 Å². The molecular formula is C11H13N5. The Labute approximate surface area is 93.5 Å². The Balaban J connectivity index is 2.38. The Kier molecular flexibility index (Phi) is 2.68. The van der Waals surface area contributed by atoms with Crippen LogP contribution in [-0.4, -0.2) is 20.4 Å². The van der Waals surface area contributed by atoms with Gasteiger partial charge in [-0.1, -0.05) is 6.92 Å². The first-order valence-electron chi connectivity index (χ1n) is 5.05. The summed E-state index contributed by atoms with van der Waals surface area (Å²) in [5.41, 5.74) is 6.76. The van der Waals surface area contributed by atoms with E-state index in [0.29, 0.717) is 5.69 Å². The van der Waals surface area contributed by atoms with Gasteiger partial charge in [-0.25, -0.2) is 4.98 Å². The number of hydrogen-bond acceptors (Lipinski definition) is 3. The largest absolute Gasteiger partial charge is 0.382 e. The Hall–Kier alpha value is -2.17. The highest BCUT2D eigenvalue weighted by atomic mass is 15.1. The van der Waals surface area contributed by atoms with Gasteiger partial charge in [0.05, 0.1) is 11.9 Å². The molecule has 0 atom stereocenters. The maximum atomic E-state index is 7.26. The fraction of sp³-hybridized carbons (Fsp3) is 0.182. The highest BCUT2D eigenvalue weighted by Gasteiger charge is 2.04. The predicted octanol–water partition coefficient (Wildman–Crippen LogP) is 1.11. The van der Waals surface area contributed by atoms with E-state index in [2.05, 4.69) is 16.9 Å². The van der Waals surface area contributed by atoms with Crippen molar-refractivity contribution in [3.8, 4) is 5.69 Å². The van der Waals surface area contributed by atoms with Crippen molar-refractivity contribution in [2.24, 2.45) is 5.73 Å². The van der Waals surface area contributed by atoms with Crippen LogP contribution >= 0.6 is 0 Å². The number of pyridine rings is 1. The zero-order valence-corrected chi connectivity index (χ0v) is 9.01. The average Bonchev–Trinajstić information content (AvgIpc) is 2.77. The molecule has 0 saturated carbocycles. The van der Waals surface area contributed by atoms with E-state index in [1.54, 1.807) is 18.5 Å². The summed E-state index contributed by atoms with van der Waals surface area (Å²) in [7, 11) is 0. The Bertz CT molecular complexity index is 497. The zero-order valence-electron chi connectivity index (χ0n) is 9.01. The van der Waals surface area contributed by atoms with Crippen LogP contribution in [0.2, 0.25) is 0 Å². The lowest BCUT2D eigenvalue weighted by atomic mass is 10.3. The number of nitrogens with one attached hydrogen (secondary N) is 1. The van der Waals surface area contributed by atoms with Crippen LogP contribution in [0.5, 0.6) is 0 Å². The van der Waals surface area contributed by atoms with Crippen molar-refractivity contribution >= 4 is 5.84 Å². The summed E-state index contributed by atoms with van der Waals surface area (Å²) in [5.74, 6) is 0.963. The van der Waals surface area contributed by atoms with E-state index in [4.69, 9.17) is 11.1 Å². The van der Waals surface area contributed by atoms with Crippen LogP contribution in [-0.2, 0) is 6.42 Å². The van der Waals surface area contributed by atoms with Crippen LogP contribution in [0.25, 0.3) is 5.69 Å². The van der Waals surface area contributed by atoms with Gasteiger partial charge in [-0.15, -0.1) is 0 Å². The van der Waals surface area contributed by atoms with Crippen molar-refractivity contribution in [3.05, 3.63) is 42.2 Å². The van der Waals surface area contributed by atoms with Crippen molar-refractivity contribution in [2.75, 3.05) is 0 Å². The zero-order chi connectivity index (χ0) is 11.5. The minimum Gasteiger partial charge on any atom is -0.382 e. The Morgan fingerprint density at radius 1 is 1.44 bits per heavy atom. The number of aromatic nitrogens is 3. The molecule has 0 bridgehead atoms. The second-order valence-electron chi connectivity index (χ2n) is 3.38. The first-order chi connectivity index (χ1) is 7.72. The number of amidine groups is 1. The molecule has 3 N–H and O–H groups in total. The fourth-order valence-electron chi connectivity index (χ4n) is 1.52. The molecule has 2 aromatic heterocycles. The number of nitrogens with two attached hydrogens (primary N) is 1. The summed E-state index contributed by atoms with van der Waals surface area (Å²) in [5, 5.41) is 7.26. The smallest absolute Gasteiger partial charge is 0.141 e. The molecule has 2 aromatic rings. The van der Waals surface area contributed by atoms with E-state index in [1.165, 1.54) is 0 Å². The van der Waals surface area contributed by atoms with Gasteiger partial charge < -0.3 is 10.3 Å². The van der Waals surface area contributed by atoms with Crippen LogP contribution < -0.4 is 5.73 Å². The van der Waals surface area contributed by atoms with Crippen molar-refractivity contribution < 1.29 is 0 Å². The SMILES string of the molecule is CCc1nccn1-c1ccc(C(=N)N)nc1. The standard InChI is InChI=1S/C11H13N5/c1-2-10-14-5-6-16(10)8-3-4-9(11(12)13)15-7-8/h3-7H,2H2,1H3,(H3,12,13). The molecule has 0 aliphatic carbocycles. The number of aryl methyl sites for hydroxylation is 1. The molecule has 2 rings (SSSR count). The molecule has 0 aliphatic rings. The molecule has 5 nitrogen and oxygen atoms in total. The Morgan fingerprint density at radius 2 is 2.25 bits per heavy atom. The molecular weight excluding hydrogens is 202 g/mol. The maximum absolute atomic E-state index is 7.26. The number of imidazole rings is 1. The third kappa shape index (κ3) is 1.79. The van der Waals surface area contributed by atoms with Crippen LogP contribution in [0.1, 0.15) is 18.4 Å². The molecule has 0 radical (unpaired) electrons. The quantitative estimate of drug-likeness (QED) is 0.594. The normalized spacial score (nSPS) is 10.3. The molecule has 2 heterocycles. The summed E-state index contributed by atoms with van der Waals surface area (Å²) in [4.78, 5) is 8.35. The number of rotatable bonds is 3. The van der Waals surface area contributed by atoms with Gasteiger partial charge in [-0.3, -0.25) is 10.4 Å². The molecule has 0 amide bonds. The van der Waals surface area contributed by atoms with Crippen LogP contribution in [0, 0.1) is 5.41 Å². The molecule has 0 saturated heterocycles. The Morgan fingerprint density at radius 3 is 2.81 bits per heavy atom. The monoisotopic (exact) mass is 215 g/mol. The van der Waals surface area contributed by atoms with Crippen LogP contribution in [0.4, 0.5) is 0 Å². The highest BCUT2D eigenvalue weighted by molar-refractivity contribution is 5.92. The van der Waals surface area contributed by atoms with Crippen molar-refractivity contribution in [1.82, 2.24) is 14.5 Å². The van der Waals surface area contributed by atoms with E-state index < -0.39 is 0 Å². The third-order valence-electron chi connectivity index (χ3n) is 2.34. The molecule has 0 unspecified atom stereocenters. The summed E-state index contributed by atoms with van der Waals surface area (Å²) < 4.78 is 1.97. The van der Waals surface area contributed by atoms with E-state index in [0.717, 1.165) is 17.9 Å². The molecule has 16 heavy (non-hydrogen) atoms. The summed E-state index contributed by atoms with van der Waals surface area (Å²) in [6.45, 7) is 2.05. The lowest BCUT2D eigenvalue weighted by Gasteiger charge is -2.06. The summed E-state index contributed by atoms with van der Waals surface area (Å²) in [6, 6.07) is 3.61. The predicted molar refractivity (Wildman–Crippen MR) is 61.8 cm³/mol. The number of hydrogen-bond donors (Lipinski definition) is 2. The molecule has 5 heteroatoms. The molecule has 82 valence electrons. The number of nitrogens with zero attached hydrogens (tertiary/aromatic N) is 3. The second-order valence-corrected chi connectivity index (χ2v) is 3.38. The van der Waals surface area contributed by atoms with E-state index in [9.17, 15) is 0 Å². The van der Waals surface area contributed by atoms with Crippen molar-refractivity contribution in [2.45, 2.75) is 13.3 Å². The molecule has 0 fully saturated rings. The van der Waals surface area contributed by atoms with E-state index >= 15 is 0 Å². The molecule has 0 aromatic carbocycles. The van der Waals surface area contributed by atoms with E-state index in [-0.39, 0.29) is 5.84 Å². The summed E-state index contributed by atoms with van der Waals surface area (Å²) >= 11 is 0. The minimum absolute atomic E-state index is 0.0205. The van der Waals surface area contributed by atoms with Gasteiger partial charge in [-0.2, -0.15) is 0 Å². The van der Waals surface area contributed by atoms with Gasteiger partial charge in [0, 0.05) is 18.8 Å². The fourth-order valence-corrected chi connectivity index (χ4v) is 1.52. The minimum atomic E-state index is -0.0205. The van der Waals surface area contributed by atoms with E-state index in [1.807, 2.05) is 16.8 Å². The first kappa shape index (κ1) is 10.4. The third-order valence-corrected chi connectivity index (χ3v) is 2.34. The van der Waals surface area contributed by atoms with Gasteiger partial charge in [0.2, 0.25) is 0 Å². The highest BCUT2D eigenvalue weighted by Crippen LogP contribution is 2.10. The first-order valence-corrected chi connectivity index (χ1v) is 5.05. The topological polar surface area (TPSA) is 80.6 Å². The van der Waals surface area contributed by atoms with Gasteiger partial charge in [-0.05, 0) is 12.1 Å². The lowest BCUT2D eigenvalue weighted by Crippen LogP contribution is -2.13. The number of nitrogen functional groups attached to an aromatic ring is 1. The van der Waals surface area contributed by atoms with Crippen molar-refractivity contribution in [3.63, 3.8) is 0 Å². The average molecular weight is 215 g/mol. The van der Waals surface area contributed by atoms with Crippen LogP contribution in [0.15, 0.2) is 30.7 Å². The summed E-state index contributed by atoms with van der Waals surface area (Å²) in [6.07, 6.45) is 6.21. The van der Waals surface area contributed by atoms with Gasteiger partial charge in [0.25, 0.3) is 0 Å².